The molecule has 4 aliphatic rings. The van der Waals surface area contributed by atoms with E-state index in [2.05, 4.69) is 10.6 Å². The predicted molar refractivity (Wildman–Crippen MR) is 98.6 cm³/mol. The summed E-state index contributed by atoms with van der Waals surface area (Å²) >= 11 is 6.43. The molecule has 1 amide bonds. The first-order valence-electron chi connectivity index (χ1n) is 9.32. The van der Waals surface area contributed by atoms with Crippen LogP contribution in [-0.4, -0.2) is 38.0 Å². The van der Waals surface area contributed by atoms with Crippen LogP contribution in [0.4, 0.5) is 0 Å². The smallest absolute Gasteiger partial charge is 0.258 e. The number of carbonyl (C=O) groups is 1. The zero-order valence-corrected chi connectivity index (χ0v) is 15.3. The number of rotatable bonds is 2. The first kappa shape index (κ1) is 15.5. The Bertz CT molecular complexity index is 996. The highest BCUT2D eigenvalue weighted by atomic mass is 35.5. The largest absolute Gasteiger partial charge is 0.385 e. The van der Waals surface area contributed by atoms with Crippen LogP contribution in [0.1, 0.15) is 53.5 Å². The zero-order chi connectivity index (χ0) is 18.1. The molecule has 1 aliphatic carbocycles. The number of halogens is 1. The van der Waals surface area contributed by atoms with E-state index in [4.69, 9.17) is 16.4 Å². The van der Waals surface area contributed by atoms with E-state index >= 15 is 0 Å². The minimum Gasteiger partial charge on any atom is -0.385 e. The second-order valence-corrected chi connectivity index (χ2v) is 7.87. The van der Waals surface area contributed by atoms with Gasteiger partial charge in [-0.1, -0.05) is 23.3 Å². The van der Waals surface area contributed by atoms with Gasteiger partial charge in [0, 0.05) is 12.6 Å². The number of hydrazine groups is 1. The molecule has 2 aromatic rings. The Morgan fingerprint density at radius 2 is 2.15 bits per heavy atom. The maximum absolute atomic E-state index is 13.2. The van der Waals surface area contributed by atoms with Gasteiger partial charge in [-0.05, 0) is 37.8 Å². The SMILES string of the molecule is O=C1c2c(Cl)cccc2-n2cnc(C3=CN(C4CC4)NO3)c2[C@@H]2CCCN12. The van der Waals surface area contributed by atoms with Crippen LogP contribution in [0.5, 0.6) is 0 Å². The fourth-order valence-corrected chi connectivity index (χ4v) is 4.59. The highest BCUT2D eigenvalue weighted by molar-refractivity contribution is 6.34. The molecule has 1 aromatic carbocycles. The van der Waals surface area contributed by atoms with Crippen molar-refractivity contribution in [3.8, 4) is 5.69 Å². The van der Waals surface area contributed by atoms with Crippen molar-refractivity contribution in [2.24, 2.45) is 0 Å². The minimum absolute atomic E-state index is 0.00759. The highest BCUT2D eigenvalue weighted by Gasteiger charge is 2.41. The van der Waals surface area contributed by atoms with Crippen molar-refractivity contribution in [2.45, 2.75) is 37.8 Å². The minimum atomic E-state index is -0.0297. The van der Waals surface area contributed by atoms with Gasteiger partial charge in [0.1, 0.15) is 12.0 Å². The molecule has 0 bridgehead atoms. The number of carbonyl (C=O) groups excluding carboxylic acids is 1. The zero-order valence-electron chi connectivity index (χ0n) is 14.6. The number of amides is 1. The summed E-state index contributed by atoms with van der Waals surface area (Å²) in [5.41, 5.74) is 6.07. The van der Waals surface area contributed by atoms with Crippen LogP contribution in [0.25, 0.3) is 11.4 Å². The number of hydrogen-bond acceptors (Lipinski definition) is 5. The quantitative estimate of drug-likeness (QED) is 0.863. The fraction of sp³-hybridized carbons (Fsp3) is 0.368. The Morgan fingerprint density at radius 1 is 1.26 bits per heavy atom. The number of fused-ring (bicyclic) bond motifs is 5. The average molecular weight is 384 g/mol. The summed E-state index contributed by atoms with van der Waals surface area (Å²) < 4.78 is 2.01. The fourth-order valence-electron chi connectivity index (χ4n) is 4.34. The molecule has 0 spiro atoms. The molecule has 1 saturated carbocycles. The van der Waals surface area contributed by atoms with Gasteiger partial charge in [-0.15, -0.1) is 0 Å². The lowest BCUT2D eigenvalue weighted by Gasteiger charge is -2.23. The van der Waals surface area contributed by atoms with Crippen molar-refractivity contribution in [1.29, 1.82) is 0 Å². The molecular formula is C19H18ClN5O2. The Balaban J connectivity index is 1.55. The highest BCUT2D eigenvalue weighted by Crippen LogP contribution is 2.43. The molecule has 27 heavy (non-hydrogen) atoms. The molecule has 2 fully saturated rings. The third-order valence-corrected chi connectivity index (χ3v) is 6.10. The molecular weight excluding hydrogens is 366 g/mol. The van der Waals surface area contributed by atoms with E-state index in [1.165, 1.54) is 0 Å². The molecule has 1 saturated heterocycles. The second-order valence-electron chi connectivity index (χ2n) is 7.46. The average Bonchev–Trinajstić information content (AvgIpc) is 3.10. The number of hydrogen-bond donors (Lipinski definition) is 1. The van der Waals surface area contributed by atoms with Gasteiger partial charge in [0.15, 0.2) is 5.76 Å². The lowest BCUT2D eigenvalue weighted by molar-refractivity contribution is 0.0418. The predicted octanol–water partition coefficient (Wildman–Crippen LogP) is 3.03. The lowest BCUT2D eigenvalue weighted by atomic mass is 10.1. The van der Waals surface area contributed by atoms with Crippen LogP contribution in [0, 0.1) is 0 Å². The van der Waals surface area contributed by atoms with Crippen LogP contribution in [0.2, 0.25) is 5.02 Å². The molecule has 1 atom stereocenters. The van der Waals surface area contributed by atoms with Crippen molar-refractivity contribution in [3.05, 3.63) is 52.7 Å². The molecule has 0 unspecified atom stereocenters. The summed E-state index contributed by atoms with van der Waals surface area (Å²) in [4.78, 5) is 25.6. The van der Waals surface area contributed by atoms with E-state index in [9.17, 15) is 4.79 Å². The van der Waals surface area contributed by atoms with E-state index in [1.807, 2.05) is 32.8 Å². The standard InChI is InChI=1S/C19H18ClN5O2/c20-12-3-1-4-13-16(12)19(26)23-8-2-5-14(23)18-17(21-10-24(13)18)15-9-25(22-27-15)11-6-7-11/h1,3-4,9-11,14,22H,2,5-8H2/t14-/m0/s1. The number of nitrogens with zero attached hydrogens (tertiary/aromatic N) is 4. The normalized spacial score (nSPS) is 23.5. The van der Waals surface area contributed by atoms with Crippen LogP contribution in [-0.2, 0) is 4.84 Å². The maximum atomic E-state index is 13.2. The maximum Gasteiger partial charge on any atom is 0.258 e. The molecule has 138 valence electrons. The van der Waals surface area contributed by atoms with Crippen LogP contribution in [0.15, 0.2) is 30.7 Å². The van der Waals surface area contributed by atoms with E-state index in [1.54, 1.807) is 12.4 Å². The summed E-state index contributed by atoms with van der Waals surface area (Å²) in [5.74, 6) is 0.687. The van der Waals surface area contributed by atoms with E-state index in [0.29, 0.717) is 22.4 Å². The molecule has 8 heteroatoms. The Labute approximate surface area is 161 Å². The summed E-state index contributed by atoms with van der Waals surface area (Å²) in [6.45, 7) is 0.727. The second kappa shape index (κ2) is 5.50. The van der Waals surface area contributed by atoms with Crippen LogP contribution < -0.4 is 5.59 Å². The third kappa shape index (κ3) is 2.18. The van der Waals surface area contributed by atoms with Gasteiger partial charge in [-0.2, -0.15) is 0 Å². The van der Waals surface area contributed by atoms with Crippen LogP contribution >= 0.6 is 11.6 Å². The van der Waals surface area contributed by atoms with Crippen molar-refractivity contribution < 1.29 is 9.63 Å². The summed E-state index contributed by atoms with van der Waals surface area (Å²) in [7, 11) is 0. The van der Waals surface area contributed by atoms with Gasteiger partial charge in [-0.3, -0.25) is 14.4 Å². The Morgan fingerprint density at radius 3 is 3.00 bits per heavy atom. The number of benzene rings is 1. The van der Waals surface area contributed by atoms with Gasteiger partial charge >= 0.3 is 0 Å². The summed E-state index contributed by atoms with van der Waals surface area (Å²) in [5, 5.41) is 2.48. The number of aromatic nitrogens is 2. The van der Waals surface area contributed by atoms with E-state index < -0.39 is 0 Å². The van der Waals surface area contributed by atoms with Crippen molar-refractivity contribution in [2.75, 3.05) is 6.54 Å². The van der Waals surface area contributed by atoms with Gasteiger partial charge < -0.3 is 9.74 Å². The van der Waals surface area contributed by atoms with Gasteiger partial charge in [0.2, 0.25) is 0 Å². The van der Waals surface area contributed by atoms with Crippen molar-refractivity contribution in [1.82, 2.24) is 25.0 Å². The monoisotopic (exact) mass is 383 g/mol. The molecule has 3 aliphatic heterocycles. The molecule has 7 nitrogen and oxygen atoms in total. The topological polar surface area (TPSA) is 62.6 Å². The van der Waals surface area contributed by atoms with Crippen molar-refractivity contribution >= 4 is 23.3 Å². The Hall–Kier alpha value is -2.51. The van der Waals surface area contributed by atoms with Crippen molar-refractivity contribution in [3.63, 3.8) is 0 Å². The molecule has 6 rings (SSSR count). The third-order valence-electron chi connectivity index (χ3n) is 5.79. The summed E-state index contributed by atoms with van der Waals surface area (Å²) in [6, 6.07) is 6.03. The molecule has 1 aromatic heterocycles. The number of nitrogens with one attached hydrogen (secondary N) is 1. The van der Waals surface area contributed by atoms with Gasteiger partial charge in [-0.25, -0.2) is 4.98 Å². The van der Waals surface area contributed by atoms with Gasteiger partial charge in [0.25, 0.3) is 5.91 Å². The lowest BCUT2D eigenvalue weighted by Crippen LogP contribution is -2.30. The first-order valence-corrected chi connectivity index (χ1v) is 9.70. The molecule has 1 N–H and O–H groups in total. The number of imidazole rings is 1. The first-order chi connectivity index (χ1) is 13.2. The van der Waals surface area contributed by atoms with E-state index in [0.717, 1.165) is 49.3 Å². The van der Waals surface area contributed by atoms with Gasteiger partial charge in [0.05, 0.1) is 34.2 Å². The summed E-state index contributed by atoms with van der Waals surface area (Å²) in [6.07, 6.45) is 7.96. The molecule has 4 heterocycles. The Kier molecular flexibility index (Phi) is 3.16. The molecule has 0 radical (unpaired) electrons. The van der Waals surface area contributed by atoms with E-state index in [-0.39, 0.29) is 11.9 Å². The van der Waals surface area contributed by atoms with Crippen LogP contribution in [0.3, 0.4) is 0 Å².